The van der Waals surface area contributed by atoms with Gasteiger partial charge in [0.25, 0.3) is 5.79 Å². The molecule has 0 aliphatic carbocycles. The minimum atomic E-state index is -3.08. The van der Waals surface area contributed by atoms with Gasteiger partial charge in [-0.3, -0.25) is 9.59 Å². The fourth-order valence-electron chi connectivity index (χ4n) is 11.8. The summed E-state index contributed by atoms with van der Waals surface area (Å²) in [6.07, 6.45) is 12.7. The number of unbranched alkanes of at least 4 members (excludes halogenated alkanes) is 30. The number of hydrogen-bond acceptors (Lipinski definition) is 20. The number of carboxylic acid groups (broad SMARTS) is 1. The molecule has 23 heteroatoms. The molecule has 14 N–H and O–H groups in total. The number of allylic oxidation sites excluding steroid dienone is 1. The number of amides is 2. The first-order valence-electron chi connectivity index (χ1n) is 33.6. The number of aliphatic carboxylic acids is 1. The number of hydrogen-bond donors (Lipinski definition) is 14. The molecule has 0 saturated carbocycles. The molecule has 3 heterocycles. The highest BCUT2D eigenvalue weighted by molar-refractivity contribution is 5.77. The number of ether oxygens (including phenoxy) is 6. The van der Waals surface area contributed by atoms with Crippen LogP contribution in [0.15, 0.2) is 12.2 Å². The Morgan fingerprint density at radius 1 is 0.598 bits per heavy atom. The first-order chi connectivity index (χ1) is 41.9. The second-order valence-corrected chi connectivity index (χ2v) is 24.7. The molecule has 0 radical (unpaired) electrons. The molecule has 3 aliphatic rings. The topological polar surface area (TPSA) is 373 Å². The molecule has 18 atom stereocenters. The van der Waals surface area contributed by atoms with Crippen molar-refractivity contribution in [2.24, 2.45) is 0 Å². The number of nitrogens with one attached hydrogen (secondary N) is 2. The Kier molecular flexibility index (Phi) is 41.3. The molecule has 23 nitrogen and oxygen atoms in total. The van der Waals surface area contributed by atoms with Crippen LogP contribution in [0, 0.1) is 0 Å². The van der Waals surface area contributed by atoms with Crippen molar-refractivity contribution in [2.75, 3.05) is 26.4 Å². The lowest BCUT2D eigenvalue weighted by molar-refractivity contribution is -0.386. The lowest BCUT2D eigenvalue weighted by atomic mass is 9.88. The zero-order valence-electron chi connectivity index (χ0n) is 52.9. The third kappa shape index (κ3) is 28.9. The second kappa shape index (κ2) is 45.7. The largest absolute Gasteiger partial charge is 0.477 e. The van der Waals surface area contributed by atoms with Crippen LogP contribution < -0.4 is 10.6 Å². The highest BCUT2D eigenvalue weighted by Gasteiger charge is 2.60. The molecule has 0 aromatic heterocycles. The predicted molar refractivity (Wildman–Crippen MR) is 325 cm³/mol. The molecule has 2 amide bonds. The molecule has 18 unspecified atom stereocenters. The maximum atomic E-state index is 13.4. The van der Waals surface area contributed by atoms with E-state index in [0.717, 1.165) is 51.9 Å². The van der Waals surface area contributed by atoms with E-state index in [0.29, 0.717) is 12.8 Å². The zero-order valence-corrected chi connectivity index (χ0v) is 52.9. The average molecular weight is 1250 g/mol. The Hall–Kier alpha value is -2.53. The summed E-state index contributed by atoms with van der Waals surface area (Å²) < 4.78 is 34.7. The average Bonchev–Trinajstić information content (AvgIpc) is 1.14. The van der Waals surface area contributed by atoms with Crippen LogP contribution in [-0.4, -0.2) is 215 Å². The molecule has 3 rings (SSSR count). The van der Waals surface area contributed by atoms with Gasteiger partial charge < -0.3 is 100 Å². The molecule has 0 bridgehead atoms. The minimum Gasteiger partial charge on any atom is -0.477 e. The molecule has 3 saturated heterocycles. The van der Waals surface area contributed by atoms with Crippen molar-refractivity contribution in [3.05, 3.63) is 12.2 Å². The van der Waals surface area contributed by atoms with Gasteiger partial charge in [-0.25, -0.2) is 4.79 Å². The van der Waals surface area contributed by atoms with Crippen LogP contribution in [0.4, 0.5) is 0 Å². The molecule has 510 valence electrons. The van der Waals surface area contributed by atoms with Crippen LogP contribution in [-0.2, 0) is 42.8 Å². The molecule has 0 spiro atoms. The van der Waals surface area contributed by atoms with Gasteiger partial charge in [-0.15, -0.1) is 0 Å². The van der Waals surface area contributed by atoms with Gasteiger partial charge >= 0.3 is 5.97 Å². The van der Waals surface area contributed by atoms with Gasteiger partial charge in [0.2, 0.25) is 11.8 Å². The number of carbonyl (C=O) groups excluding carboxylic acids is 2. The zero-order chi connectivity index (χ0) is 64.0. The van der Waals surface area contributed by atoms with E-state index in [1.807, 2.05) is 6.08 Å². The van der Waals surface area contributed by atoms with E-state index in [1.165, 1.54) is 148 Å². The number of aliphatic hydroxyl groups is 11. The SMILES string of the molecule is CCCCCCCCCCCCCCCCCCCCC/C=C/C(O)C(COC1OC(CO)C(OC2OC(CO)C(O)C(OC3(C(=O)O)CC(O)C(NC(C)=O)C(C(O)C(O)CO)O3)C2O)C(O)C1O)NC(=O)CCCCCCCCCCCCCC. The number of aliphatic hydroxyl groups excluding tert-OH is 11. The molecule has 3 aliphatic heterocycles. The molecule has 3 fully saturated rings. The van der Waals surface area contributed by atoms with E-state index in [2.05, 4.69) is 24.5 Å². The normalized spacial score (nSPS) is 29.2. The minimum absolute atomic E-state index is 0.204. The Labute approximate surface area is 518 Å². The van der Waals surface area contributed by atoms with E-state index in [-0.39, 0.29) is 12.3 Å². The van der Waals surface area contributed by atoms with Crippen molar-refractivity contribution in [3.8, 4) is 0 Å². The summed E-state index contributed by atoms with van der Waals surface area (Å²) in [5, 5.41) is 136. The Balaban J connectivity index is 1.61. The summed E-state index contributed by atoms with van der Waals surface area (Å²) in [7, 11) is 0. The van der Waals surface area contributed by atoms with Crippen molar-refractivity contribution in [1.29, 1.82) is 0 Å². The maximum absolute atomic E-state index is 13.4. The fraction of sp³-hybridized carbons (Fsp3) is 0.922. The van der Waals surface area contributed by atoms with E-state index < -0.39 is 155 Å². The first kappa shape index (κ1) is 78.7. The Morgan fingerprint density at radius 3 is 1.53 bits per heavy atom. The summed E-state index contributed by atoms with van der Waals surface area (Å²) in [5.74, 6) is -6.14. The van der Waals surface area contributed by atoms with Gasteiger partial charge in [0.05, 0.1) is 50.7 Å². The van der Waals surface area contributed by atoms with Crippen LogP contribution in [0.1, 0.15) is 239 Å². The summed E-state index contributed by atoms with van der Waals surface area (Å²) in [6, 6.07) is -2.61. The van der Waals surface area contributed by atoms with Gasteiger partial charge in [-0.05, 0) is 19.3 Å². The predicted octanol–water partition coefficient (Wildman–Crippen LogP) is 5.12. The summed E-state index contributed by atoms with van der Waals surface area (Å²) >= 11 is 0. The summed E-state index contributed by atoms with van der Waals surface area (Å²) in [6.45, 7) is 2.13. The maximum Gasteiger partial charge on any atom is 0.364 e. The number of carbonyl (C=O) groups is 3. The Morgan fingerprint density at radius 2 is 1.07 bits per heavy atom. The van der Waals surface area contributed by atoms with Crippen LogP contribution in [0.3, 0.4) is 0 Å². The van der Waals surface area contributed by atoms with Crippen molar-refractivity contribution >= 4 is 17.8 Å². The van der Waals surface area contributed by atoms with Gasteiger partial charge in [-0.1, -0.05) is 212 Å². The highest BCUT2D eigenvalue weighted by atomic mass is 16.8. The van der Waals surface area contributed by atoms with Gasteiger partial charge in [0.1, 0.15) is 67.1 Å². The van der Waals surface area contributed by atoms with Crippen LogP contribution in [0.5, 0.6) is 0 Å². The third-order valence-electron chi connectivity index (χ3n) is 17.2. The molecular formula is C64H118N2O21. The van der Waals surface area contributed by atoms with E-state index in [9.17, 15) is 75.7 Å². The number of carboxylic acids is 1. The quantitative estimate of drug-likeness (QED) is 0.0278. The Bertz CT molecular complexity index is 1820. The van der Waals surface area contributed by atoms with Crippen molar-refractivity contribution in [3.63, 3.8) is 0 Å². The van der Waals surface area contributed by atoms with Crippen LogP contribution >= 0.6 is 0 Å². The van der Waals surface area contributed by atoms with Crippen LogP contribution in [0.25, 0.3) is 0 Å². The van der Waals surface area contributed by atoms with Gasteiger partial charge in [0.15, 0.2) is 12.6 Å². The van der Waals surface area contributed by atoms with E-state index in [4.69, 9.17) is 28.4 Å². The lowest BCUT2D eigenvalue weighted by Crippen LogP contribution is -2.70. The van der Waals surface area contributed by atoms with Crippen molar-refractivity contribution in [1.82, 2.24) is 10.6 Å². The monoisotopic (exact) mass is 1250 g/mol. The van der Waals surface area contributed by atoms with Crippen molar-refractivity contribution < 1.29 is 104 Å². The van der Waals surface area contributed by atoms with E-state index >= 15 is 0 Å². The standard InChI is InChI=1S/C64H118N2O21/c1-4-6-8-10-12-14-16-18-19-20-21-22-23-24-25-26-27-29-31-33-35-37-46(71)45(66-51(74)38-36-34-32-30-28-17-15-13-11-9-7-5-2)43-82-61-56(78)55(77)58(50(42-69)84-61)85-62-57(79)60(54(76)49(41-68)83-62)87-64(63(80)81)39-47(72)52(65-44(3)70)59(86-64)53(75)48(73)40-67/h35,37,45-50,52-62,67-69,71-73,75-79H,4-34,36,38-43H2,1-3H3,(H,65,70)(H,66,74)(H,80,81)/b37-35+. The molecule has 0 aromatic rings. The smallest absolute Gasteiger partial charge is 0.364 e. The van der Waals surface area contributed by atoms with Gasteiger partial charge in [0, 0.05) is 19.8 Å². The first-order valence-corrected chi connectivity index (χ1v) is 33.6. The second-order valence-electron chi connectivity index (χ2n) is 24.7. The number of rotatable bonds is 50. The van der Waals surface area contributed by atoms with Gasteiger partial charge in [-0.2, -0.15) is 0 Å². The lowest BCUT2D eigenvalue weighted by Gasteiger charge is -2.50. The molecule has 0 aromatic carbocycles. The van der Waals surface area contributed by atoms with Crippen LogP contribution in [0.2, 0.25) is 0 Å². The molecule has 87 heavy (non-hydrogen) atoms. The summed E-state index contributed by atoms with van der Waals surface area (Å²) in [5.41, 5.74) is 0. The van der Waals surface area contributed by atoms with Crippen molar-refractivity contribution in [2.45, 2.75) is 349 Å². The molecular weight excluding hydrogens is 1130 g/mol. The van der Waals surface area contributed by atoms with E-state index in [1.54, 1.807) is 6.08 Å². The summed E-state index contributed by atoms with van der Waals surface area (Å²) in [4.78, 5) is 38.4. The fourth-order valence-corrected chi connectivity index (χ4v) is 11.8. The third-order valence-corrected chi connectivity index (χ3v) is 17.2. The highest BCUT2D eigenvalue weighted by Crippen LogP contribution is 2.39.